The fourth-order valence-corrected chi connectivity index (χ4v) is 18.4. The predicted octanol–water partition coefficient (Wildman–Crippen LogP) is 28.1. The molecule has 128 heavy (non-hydrogen) atoms. The van der Waals surface area contributed by atoms with Crippen molar-refractivity contribution in [2.75, 3.05) is 19.6 Å². The molecule has 0 saturated carbocycles. The smallest absolute Gasteiger partial charge is 0.201 e. The summed E-state index contributed by atoms with van der Waals surface area (Å²) in [5, 5.41) is 8.75. The number of hydrogen-bond acceptors (Lipinski definition) is 12. The van der Waals surface area contributed by atoms with Crippen molar-refractivity contribution < 1.29 is 0 Å². The Morgan fingerprint density at radius 3 is 0.570 bits per heavy atom. The van der Waals surface area contributed by atoms with E-state index in [-0.39, 0.29) is 5.82 Å². The van der Waals surface area contributed by atoms with Crippen LogP contribution in [0.2, 0.25) is 0 Å². The van der Waals surface area contributed by atoms with Crippen molar-refractivity contribution in [2.45, 2.75) is 0 Å². The van der Waals surface area contributed by atoms with Crippen molar-refractivity contribution in [3.05, 3.63) is 449 Å². The van der Waals surface area contributed by atoms with Gasteiger partial charge in [0.15, 0.2) is 0 Å². The second kappa shape index (κ2) is 31.3. The number of para-hydroxylation sites is 14. The maximum Gasteiger partial charge on any atom is 0.201 e. The molecule has 0 aliphatic carbocycles. The highest BCUT2D eigenvalue weighted by atomic mass is 15.3. The van der Waals surface area contributed by atoms with Gasteiger partial charge in [0.1, 0.15) is 46.5 Å². The van der Waals surface area contributed by atoms with Gasteiger partial charge in [-0.3, -0.25) is 37.9 Å². The molecule has 602 valence electrons. The molecule has 24 rings (SSSR count). The lowest BCUT2D eigenvalue weighted by Gasteiger charge is -2.29. The van der Waals surface area contributed by atoms with Crippen LogP contribution in [0.25, 0.3) is 145 Å². The van der Waals surface area contributed by atoms with E-state index in [9.17, 15) is 0 Å². The maximum absolute atomic E-state index is 5.77. The van der Waals surface area contributed by atoms with E-state index in [4.69, 9.17) is 39.9 Å². The Morgan fingerprint density at radius 1 is 0.141 bits per heavy atom. The first-order chi connectivity index (χ1) is 63.5. The fourth-order valence-electron chi connectivity index (χ4n) is 18.4. The summed E-state index contributed by atoms with van der Waals surface area (Å²) in [7, 11) is 0. The Balaban J connectivity index is 0.682. The van der Waals surface area contributed by atoms with Gasteiger partial charge < -0.3 is 0 Å². The number of hydrogen-bond donors (Lipinski definition) is 0. The van der Waals surface area contributed by atoms with Crippen molar-refractivity contribution in [1.82, 2.24) is 58.1 Å². The van der Waals surface area contributed by atoms with Gasteiger partial charge in [-0.2, -0.15) is 0 Å². The minimum absolute atomic E-state index is 0.286. The number of rotatable bonds is 19. The molecule has 0 N–H and O–H groups in total. The van der Waals surface area contributed by atoms with E-state index < -0.39 is 0 Å². The highest BCUT2D eigenvalue weighted by molar-refractivity contribution is 6.13. The molecule has 0 aliphatic heterocycles. The monoisotopic (exact) mass is 1640 g/mol. The highest BCUT2D eigenvalue weighted by Crippen LogP contribution is 2.47. The van der Waals surface area contributed by atoms with E-state index in [1.807, 2.05) is 97.1 Å². The first-order valence-electron chi connectivity index (χ1n) is 42.7. The van der Waals surface area contributed by atoms with Crippen LogP contribution in [-0.4, -0.2) is 58.1 Å². The molecule has 0 amide bonds. The van der Waals surface area contributed by atoms with Crippen molar-refractivity contribution in [2.24, 2.45) is 0 Å². The summed E-state index contributed by atoms with van der Waals surface area (Å²) in [5.74, 6) is 6.23. The number of anilines is 12. The molecule has 0 radical (unpaired) electrons. The average Bonchev–Trinajstić information content (AvgIpc) is 1.56. The van der Waals surface area contributed by atoms with Crippen molar-refractivity contribution in [3.63, 3.8) is 0 Å². The van der Waals surface area contributed by atoms with Gasteiger partial charge in [0.2, 0.25) is 23.3 Å². The molecular weight excluding hydrogens is 1570 g/mol. The Bertz CT molecular complexity index is 7820. The van der Waals surface area contributed by atoms with Gasteiger partial charge in [-0.1, -0.05) is 273 Å². The topological polar surface area (TPSA) is 136 Å². The zero-order valence-electron chi connectivity index (χ0n) is 68.9. The molecule has 16 aromatic carbocycles. The van der Waals surface area contributed by atoms with Crippen LogP contribution in [0.3, 0.4) is 0 Å². The molecule has 0 atom stereocenters. The van der Waals surface area contributed by atoms with E-state index in [0.717, 1.165) is 144 Å². The summed E-state index contributed by atoms with van der Waals surface area (Å²) >= 11 is 0. The number of aromatic nitrogens is 12. The first kappa shape index (κ1) is 74.1. The standard InChI is InChI=1S/C112H74N16/c1-8-36-77(37-9-1)121(78-38-10-2-11-39-78)101-71-102(122(79-40-12-3-13-41-79)80-42-14-4-15-43-80)114-109(113-101)110-115-103(123(81-44-16-5-17-45-81)82-46-18-6-19-47-82)72-104(116-110)124(83-48-20-7-21-49-83)84-67-64-75(65-68-84)76-66-69-100-92(70-76)91-56-28-35-63-99(91)128(100)108-74-107(127-97-61-33-26-54-89(97)90-55-27-34-62-98(90)127)119-112(120-108)111-117-105(125-93-57-29-22-50-85(93)86-51-23-30-58-94(86)125)73-106(118-111)126-95-59-31-24-52-87(95)88-53-25-32-60-96(88)126/h1-74H. The normalized spacial score (nSPS) is 11.6. The third-order valence-electron chi connectivity index (χ3n) is 24.0. The van der Waals surface area contributed by atoms with E-state index in [1.165, 1.54) is 0 Å². The van der Waals surface area contributed by atoms with Gasteiger partial charge in [-0.25, -0.2) is 39.9 Å². The van der Waals surface area contributed by atoms with Crippen LogP contribution in [0.5, 0.6) is 0 Å². The van der Waals surface area contributed by atoms with Gasteiger partial charge in [-0.15, -0.1) is 0 Å². The maximum atomic E-state index is 5.77. The third kappa shape index (κ3) is 12.9. The molecule has 0 fully saturated rings. The van der Waals surface area contributed by atoms with Crippen LogP contribution in [0.1, 0.15) is 0 Å². The summed E-state index contributed by atoms with van der Waals surface area (Å²) in [6, 6.07) is 156. The average molecular weight is 1640 g/mol. The first-order valence-corrected chi connectivity index (χ1v) is 42.7. The molecule has 0 aliphatic rings. The third-order valence-corrected chi connectivity index (χ3v) is 24.0. The summed E-state index contributed by atoms with van der Waals surface area (Å²) in [6.07, 6.45) is 0. The van der Waals surface area contributed by atoms with Crippen LogP contribution in [0.15, 0.2) is 449 Å². The lowest BCUT2D eigenvalue weighted by atomic mass is 10.0. The highest BCUT2D eigenvalue weighted by Gasteiger charge is 2.30. The number of fused-ring (bicyclic) bond motifs is 12. The molecular formula is C112H74N16. The van der Waals surface area contributed by atoms with Crippen LogP contribution in [-0.2, 0) is 0 Å². The molecule has 16 nitrogen and oxygen atoms in total. The minimum atomic E-state index is 0.286. The van der Waals surface area contributed by atoms with Crippen molar-refractivity contribution in [1.29, 1.82) is 0 Å². The molecule has 8 heterocycles. The molecule has 0 spiro atoms. The Kier molecular flexibility index (Phi) is 18.1. The summed E-state index contributed by atoms with van der Waals surface area (Å²) in [5.41, 5.74) is 17.1. The van der Waals surface area contributed by atoms with Crippen LogP contribution >= 0.6 is 0 Å². The quantitative estimate of drug-likeness (QED) is 0.0762. The van der Waals surface area contributed by atoms with Crippen molar-refractivity contribution in [3.8, 4) is 57.7 Å². The zero-order chi connectivity index (χ0) is 84.5. The Labute approximate surface area is 735 Å². The summed E-state index contributed by atoms with van der Waals surface area (Å²) in [6.45, 7) is 0. The Hall–Kier alpha value is -17.8. The second-order valence-electron chi connectivity index (χ2n) is 31.6. The largest absolute Gasteiger partial charge is 0.295 e. The lowest BCUT2D eigenvalue weighted by Crippen LogP contribution is -2.19. The van der Waals surface area contributed by atoms with Crippen LogP contribution in [0.4, 0.5) is 68.8 Å². The van der Waals surface area contributed by atoms with Crippen molar-refractivity contribution >= 4 is 156 Å². The molecule has 8 aromatic heterocycles. The predicted molar refractivity (Wildman–Crippen MR) is 521 cm³/mol. The van der Waals surface area contributed by atoms with Gasteiger partial charge in [0.25, 0.3) is 0 Å². The number of benzene rings is 16. The van der Waals surface area contributed by atoms with Crippen LogP contribution < -0.4 is 19.6 Å². The van der Waals surface area contributed by atoms with Crippen LogP contribution in [0, 0.1) is 0 Å². The SMILES string of the molecule is c1ccc(N(c2ccccc2)c2cc(N(c3ccccc3)c3ccccc3)nc(-c3nc(N(c4ccccc4)c4ccccc4)cc(N(c4ccccc4)c4ccc(-c5ccc6c(c5)c5ccccc5n6-c5cc(-n6c7ccccc7c7ccccc76)nc(-c6nc(-n7c8ccccc8c8ccccc87)cc(-n7c8ccccc8c8ccccc87)n6)n5)cc4)n3)n2)cc1. The Morgan fingerprint density at radius 2 is 0.328 bits per heavy atom. The van der Waals surface area contributed by atoms with E-state index in [2.05, 4.69) is 390 Å². The second-order valence-corrected chi connectivity index (χ2v) is 31.6. The van der Waals surface area contributed by atoms with E-state index in [0.29, 0.717) is 64.0 Å². The van der Waals surface area contributed by atoms with Gasteiger partial charge in [-0.05, 0) is 163 Å². The minimum Gasteiger partial charge on any atom is -0.295 e. The zero-order valence-corrected chi connectivity index (χ0v) is 68.9. The van der Waals surface area contributed by atoms with E-state index in [1.54, 1.807) is 0 Å². The molecule has 0 saturated heterocycles. The van der Waals surface area contributed by atoms with E-state index >= 15 is 0 Å². The molecule has 0 bridgehead atoms. The van der Waals surface area contributed by atoms with Gasteiger partial charge in [0, 0.05) is 113 Å². The molecule has 0 unspecified atom stereocenters. The summed E-state index contributed by atoms with van der Waals surface area (Å²) < 4.78 is 9.04. The molecule has 24 aromatic rings. The van der Waals surface area contributed by atoms with Gasteiger partial charge >= 0.3 is 0 Å². The molecule has 16 heteroatoms. The van der Waals surface area contributed by atoms with Gasteiger partial charge in [0.05, 0.1) is 44.1 Å². The summed E-state index contributed by atoms with van der Waals surface area (Å²) in [4.78, 5) is 54.2. The number of nitrogens with zero attached hydrogens (tertiary/aromatic N) is 16. The lowest BCUT2D eigenvalue weighted by molar-refractivity contribution is 0.945. The fraction of sp³-hybridized carbons (Fsp3) is 0.